The lowest BCUT2D eigenvalue weighted by atomic mass is 10.3. The maximum Gasteiger partial charge on any atom is 0.281 e. The van der Waals surface area contributed by atoms with Gasteiger partial charge < -0.3 is 14.6 Å². The van der Waals surface area contributed by atoms with E-state index in [9.17, 15) is 22.7 Å². The largest absolute Gasteiger partial charge is 0.388 e. The minimum Gasteiger partial charge on any atom is -0.388 e. The zero-order valence-corrected chi connectivity index (χ0v) is 15.0. The van der Waals surface area contributed by atoms with Crippen molar-refractivity contribution in [2.75, 3.05) is 40.3 Å². The third-order valence-electron chi connectivity index (χ3n) is 4.55. The second-order valence-electron chi connectivity index (χ2n) is 6.47. The second kappa shape index (κ2) is 6.63. The van der Waals surface area contributed by atoms with Crippen LogP contribution in [0.15, 0.2) is 6.20 Å². The number of aromatic nitrogens is 2. The Morgan fingerprint density at radius 3 is 2.64 bits per heavy atom. The average molecular weight is 375 g/mol. The van der Waals surface area contributed by atoms with Crippen LogP contribution in [0.3, 0.4) is 0 Å². The van der Waals surface area contributed by atoms with E-state index in [4.69, 9.17) is 0 Å². The van der Waals surface area contributed by atoms with Crippen molar-refractivity contribution in [1.82, 2.24) is 23.1 Å². The van der Waals surface area contributed by atoms with Crippen LogP contribution in [-0.4, -0.2) is 95.0 Å². The summed E-state index contributed by atoms with van der Waals surface area (Å²) in [6, 6.07) is 0. The van der Waals surface area contributed by atoms with Gasteiger partial charge in [0.1, 0.15) is 23.8 Å². The molecule has 140 valence electrons. The Balaban J connectivity index is 1.72. The monoisotopic (exact) mass is 375 g/mol. The Morgan fingerprint density at radius 2 is 2.04 bits per heavy atom. The summed E-state index contributed by atoms with van der Waals surface area (Å²) >= 11 is 0. The van der Waals surface area contributed by atoms with Crippen molar-refractivity contribution in [3.8, 4) is 0 Å². The highest BCUT2D eigenvalue weighted by Gasteiger charge is 2.35. The molecule has 1 fully saturated rings. The van der Waals surface area contributed by atoms with Gasteiger partial charge in [-0.15, -0.1) is 0 Å². The van der Waals surface area contributed by atoms with E-state index < -0.39 is 28.4 Å². The zero-order valence-electron chi connectivity index (χ0n) is 14.2. The lowest BCUT2D eigenvalue weighted by molar-refractivity contribution is 0.0759. The fourth-order valence-corrected chi connectivity index (χ4v) is 4.14. The van der Waals surface area contributed by atoms with E-state index >= 15 is 0 Å². The van der Waals surface area contributed by atoms with Crippen LogP contribution in [0.2, 0.25) is 0 Å². The zero-order chi connectivity index (χ0) is 18.4. The molecule has 11 heteroatoms. The first-order valence-corrected chi connectivity index (χ1v) is 9.45. The molecule has 3 rings (SSSR count). The van der Waals surface area contributed by atoms with Crippen LogP contribution in [0, 0.1) is 0 Å². The third kappa shape index (κ3) is 3.41. The first kappa shape index (κ1) is 18.2. The minimum atomic E-state index is -3.49. The minimum absolute atomic E-state index is 0.0446. The van der Waals surface area contributed by atoms with Gasteiger partial charge in [0.05, 0.1) is 6.54 Å². The molecule has 0 aromatic carbocycles. The summed E-state index contributed by atoms with van der Waals surface area (Å²) in [5.41, 5.74) is 0.195. The molecule has 0 radical (unpaired) electrons. The summed E-state index contributed by atoms with van der Waals surface area (Å²) in [6.45, 7) is 0.762. The molecule has 0 unspecified atom stereocenters. The van der Waals surface area contributed by atoms with Gasteiger partial charge in [-0.25, -0.2) is 9.37 Å². The van der Waals surface area contributed by atoms with E-state index in [1.807, 2.05) is 0 Å². The van der Waals surface area contributed by atoms with Gasteiger partial charge >= 0.3 is 0 Å². The van der Waals surface area contributed by atoms with Crippen LogP contribution in [0.25, 0.3) is 0 Å². The van der Waals surface area contributed by atoms with Gasteiger partial charge in [0.25, 0.3) is 16.1 Å². The number of rotatable bonds is 3. The Kier molecular flexibility index (Phi) is 4.84. The summed E-state index contributed by atoms with van der Waals surface area (Å²) < 4.78 is 42.2. The topological polar surface area (TPSA) is 99.0 Å². The quantitative estimate of drug-likeness (QED) is 0.708. The molecule has 0 bridgehead atoms. The highest BCUT2D eigenvalue weighted by molar-refractivity contribution is 7.86. The number of aliphatic hydroxyl groups excluding tert-OH is 1. The fraction of sp³-hybridized carbons (Fsp3) is 0.714. The van der Waals surface area contributed by atoms with Crippen LogP contribution >= 0.6 is 0 Å². The van der Waals surface area contributed by atoms with Gasteiger partial charge in [-0.2, -0.15) is 17.0 Å². The number of aliphatic hydroxyl groups is 1. The molecule has 1 saturated heterocycles. The van der Waals surface area contributed by atoms with Crippen LogP contribution in [-0.2, 0) is 23.2 Å². The SMILES string of the molecule is CN(C)S(=O)(=O)N1CCc2nc(C(=O)N3C[C@@H](O)[C@H](F)C3)cn2CC1. The number of carbonyl (C=O) groups excluding carboxylic acids is 1. The number of β-amino-alcohol motifs (C(OH)–C–C–N with tert-alkyl or cyclic N) is 1. The first-order valence-electron chi connectivity index (χ1n) is 8.05. The van der Waals surface area contributed by atoms with Crippen molar-refractivity contribution >= 4 is 16.1 Å². The number of halogens is 1. The van der Waals surface area contributed by atoms with E-state index in [1.54, 1.807) is 10.8 Å². The van der Waals surface area contributed by atoms with Crippen molar-refractivity contribution in [3.63, 3.8) is 0 Å². The summed E-state index contributed by atoms with van der Waals surface area (Å²) in [5.74, 6) is 0.203. The molecule has 1 amide bonds. The number of imidazole rings is 1. The summed E-state index contributed by atoms with van der Waals surface area (Å²) in [7, 11) is -0.521. The summed E-state index contributed by atoms with van der Waals surface area (Å²) in [5, 5.41) is 9.45. The van der Waals surface area contributed by atoms with Crippen LogP contribution in [0.5, 0.6) is 0 Å². The number of carbonyl (C=O) groups is 1. The Bertz CT molecular complexity index is 730. The standard InChI is InChI=1S/C14H22FN5O4S/c1-17(2)25(23,24)20-4-3-13-16-11(8-18(13)5-6-20)14(22)19-7-10(15)12(21)9-19/h8,10,12,21H,3-7,9H2,1-2H3/t10-,12-/m1/s1. The second-order valence-corrected chi connectivity index (χ2v) is 8.61. The Labute approximate surface area is 145 Å². The Morgan fingerprint density at radius 1 is 1.32 bits per heavy atom. The van der Waals surface area contributed by atoms with E-state index in [0.29, 0.717) is 18.8 Å². The maximum absolute atomic E-state index is 13.4. The number of alkyl halides is 1. The third-order valence-corrected chi connectivity index (χ3v) is 6.49. The van der Waals surface area contributed by atoms with Crippen LogP contribution < -0.4 is 0 Å². The van der Waals surface area contributed by atoms with E-state index in [0.717, 1.165) is 0 Å². The normalized spacial score (nSPS) is 25.2. The Hall–Kier alpha value is -1.56. The lowest BCUT2D eigenvalue weighted by Gasteiger charge is -2.23. The van der Waals surface area contributed by atoms with Crippen molar-refractivity contribution < 1.29 is 22.7 Å². The number of hydrogen-bond donors (Lipinski definition) is 1. The number of amides is 1. The van der Waals surface area contributed by atoms with Crippen LogP contribution in [0.4, 0.5) is 4.39 Å². The number of nitrogens with zero attached hydrogens (tertiary/aromatic N) is 5. The van der Waals surface area contributed by atoms with Crippen LogP contribution in [0.1, 0.15) is 16.3 Å². The summed E-state index contributed by atoms with van der Waals surface area (Å²) in [6.07, 6.45) is -0.640. The van der Waals surface area contributed by atoms with Gasteiger partial charge in [0.2, 0.25) is 0 Å². The number of likely N-dealkylation sites (tertiary alicyclic amines) is 1. The molecule has 0 spiro atoms. The van der Waals surface area contributed by atoms with Gasteiger partial charge in [-0.1, -0.05) is 0 Å². The number of hydrogen-bond acceptors (Lipinski definition) is 5. The fourth-order valence-electron chi connectivity index (χ4n) is 3.04. The molecular weight excluding hydrogens is 353 g/mol. The predicted octanol–water partition coefficient (Wildman–Crippen LogP) is -1.30. The molecule has 9 nitrogen and oxygen atoms in total. The van der Waals surface area contributed by atoms with Crippen molar-refractivity contribution in [2.24, 2.45) is 0 Å². The van der Waals surface area contributed by atoms with Crippen molar-refractivity contribution in [2.45, 2.75) is 25.2 Å². The predicted molar refractivity (Wildman–Crippen MR) is 86.9 cm³/mol. The van der Waals surface area contributed by atoms with E-state index in [1.165, 1.54) is 27.6 Å². The van der Waals surface area contributed by atoms with Gasteiger partial charge in [-0.05, 0) is 0 Å². The van der Waals surface area contributed by atoms with Crippen molar-refractivity contribution in [3.05, 3.63) is 17.7 Å². The first-order chi connectivity index (χ1) is 11.7. The molecule has 2 aliphatic heterocycles. The smallest absolute Gasteiger partial charge is 0.281 e. The molecule has 2 aliphatic rings. The molecule has 1 aromatic heterocycles. The molecule has 2 atom stereocenters. The van der Waals surface area contributed by atoms with Gasteiger partial charge in [0.15, 0.2) is 0 Å². The molecule has 3 heterocycles. The highest BCUT2D eigenvalue weighted by atomic mass is 32.2. The highest BCUT2D eigenvalue weighted by Crippen LogP contribution is 2.18. The van der Waals surface area contributed by atoms with E-state index in [-0.39, 0.29) is 31.9 Å². The van der Waals surface area contributed by atoms with Gasteiger partial charge in [0, 0.05) is 52.9 Å². The maximum atomic E-state index is 13.4. The molecule has 0 aliphatic carbocycles. The number of fused-ring (bicyclic) bond motifs is 1. The van der Waals surface area contributed by atoms with Crippen molar-refractivity contribution in [1.29, 1.82) is 0 Å². The molecule has 1 N–H and O–H groups in total. The van der Waals surface area contributed by atoms with E-state index in [2.05, 4.69) is 4.98 Å². The molecule has 25 heavy (non-hydrogen) atoms. The molecular formula is C14H22FN5O4S. The molecule has 0 saturated carbocycles. The average Bonchev–Trinajstić information content (AvgIpc) is 3.04. The lowest BCUT2D eigenvalue weighted by Crippen LogP contribution is -2.41. The van der Waals surface area contributed by atoms with Gasteiger partial charge in [-0.3, -0.25) is 4.79 Å². The molecule has 1 aromatic rings. The summed E-state index contributed by atoms with van der Waals surface area (Å²) in [4.78, 5) is 18.0.